The fourth-order valence-electron chi connectivity index (χ4n) is 2.00. The predicted octanol–water partition coefficient (Wildman–Crippen LogP) is 0.914. The molecule has 1 fully saturated rings. The van der Waals surface area contributed by atoms with Crippen LogP contribution in [0.3, 0.4) is 0 Å². The van der Waals surface area contributed by atoms with Crippen LogP contribution >= 0.6 is 11.6 Å². The third-order valence-corrected chi connectivity index (χ3v) is 3.29. The van der Waals surface area contributed by atoms with E-state index in [9.17, 15) is 5.11 Å². The molecule has 0 spiro atoms. The monoisotopic (exact) mass is 242 g/mol. The second kappa shape index (κ2) is 4.99. The highest BCUT2D eigenvalue weighted by molar-refractivity contribution is 6.32. The Balaban J connectivity index is 2.11. The zero-order chi connectivity index (χ0) is 11.5. The van der Waals surface area contributed by atoms with Crippen molar-refractivity contribution in [1.82, 2.24) is 4.98 Å². The Morgan fingerprint density at radius 3 is 3.00 bits per heavy atom. The summed E-state index contributed by atoms with van der Waals surface area (Å²) in [5, 5.41) is 19.5. The molecule has 1 aromatic heterocycles. The Bertz CT molecular complexity index is 362. The second-order valence-electron chi connectivity index (χ2n) is 4.05. The lowest BCUT2D eigenvalue weighted by Gasteiger charge is -2.36. The molecule has 1 aliphatic heterocycles. The van der Waals surface area contributed by atoms with Crippen LogP contribution in [0.15, 0.2) is 18.3 Å². The molecule has 0 amide bonds. The number of pyridine rings is 1. The molecule has 0 aromatic carbocycles. The maximum Gasteiger partial charge on any atom is 0.147 e. The molecule has 0 bridgehead atoms. The summed E-state index contributed by atoms with van der Waals surface area (Å²) in [5.74, 6) is 0.679. The standard InChI is InChI=1S/C11H15ClN2O2/c12-9-2-1-4-13-11(9)14-5-3-8(7-15)10(16)6-14/h1-2,4,8,10,15-16H,3,5-7H2/t8-,10+/m0/s1. The highest BCUT2D eigenvalue weighted by Crippen LogP contribution is 2.27. The van der Waals surface area contributed by atoms with Gasteiger partial charge in [0.15, 0.2) is 0 Å². The summed E-state index contributed by atoms with van der Waals surface area (Å²) >= 11 is 6.04. The fraction of sp³-hybridized carbons (Fsp3) is 0.545. The lowest BCUT2D eigenvalue weighted by atomic mass is 9.95. The van der Waals surface area contributed by atoms with Gasteiger partial charge in [0.1, 0.15) is 5.82 Å². The summed E-state index contributed by atoms with van der Waals surface area (Å²) in [7, 11) is 0. The van der Waals surface area contributed by atoms with Crippen molar-refractivity contribution in [2.75, 3.05) is 24.6 Å². The van der Waals surface area contributed by atoms with Crippen LogP contribution in [0, 0.1) is 5.92 Å². The largest absolute Gasteiger partial charge is 0.396 e. The normalized spacial score (nSPS) is 25.8. The number of aliphatic hydroxyl groups is 2. The van der Waals surface area contributed by atoms with Gasteiger partial charge in [0.2, 0.25) is 0 Å². The number of hydrogen-bond acceptors (Lipinski definition) is 4. The van der Waals surface area contributed by atoms with Crippen LogP contribution in [-0.2, 0) is 0 Å². The van der Waals surface area contributed by atoms with Crippen molar-refractivity contribution in [2.24, 2.45) is 5.92 Å². The van der Waals surface area contributed by atoms with Crippen molar-refractivity contribution in [2.45, 2.75) is 12.5 Å². The van der Waals surface area contributed by atoms with E-state index in [1.54, 1.807) is 18.3 Å². The van der Waals surface area contributed by atoms with E-state index in [0.717, 1.165) is 13.0 Å². The summed E-state index contributed by atoms with van der Waals surface area (Å²) in [6.07, 6.45) is 1.92. The number of β-amino-alcohol motifs (C(OH)–C–C–N with tert-alkyl or cyclic N) is 1. The first-order valence-electron chi connectivity index (χ1n) is 5.36. The zero-order valence-electron chi connectivity index (χ0n) is 8.88. The van der Waals surface area contributed by atoms with Crippen molar-refractivity contribution < 1.29 is 10.2 Å². The molecule has 0 radical (unpaired) electrons. The van der Waals surface area contributed by atoms with Crippen LogP contribution < -0.4 is 4.90 Å². The molecule has 2 atom stereocenters. The van der Waals surface area contributed by atoms with Gasteiger partial charge in [0.05, 0.1) is 11.1 Å². The van der Waals surface area contributed by atoms with E-state index in [1.165, 1.54) is 0 Å². The van der Waals surface area contributed by atoms with Gasteiger partial charge < -0.3 is 15.1 Å². The van der Waals surface area contributed by atoms with Gasteiger partial charge in [-0.15, -0.1) is 0 Å². The molecule has 2 heterocycles. The van der Waals surface area contributed by atoms with E-state index in [-0.39, 0.29) is 12.5 Å². The van der Waals surface area contributed by atoms with Crippen LogP contribution in [-0.4, -0.2) is 41.0 Å². The van der Waals surface area contributed by atoms with Crippen LogP contribution in [0.4, 0.5) is 5.82 Å². The summed E-state index contributed by atoms with van der Waals surface area (Å²) in [6, 6.07) is 3.57. The van der Waals surface area contributed by atoms with Crippen molar-refractivity contribution >= 4 is 17.4 Å². The van der Waals surface area contributed by atoms with Crippen LogP contribution in [0.5, 0.6) is 0 Å². The summed E-state index contributed by atoms with van der Waals surface area (Å²) in [6.45, 7) is 1.27. The Morgan fingerprint density at radius 2 is 2.38 bits per heavy atom. The van der Waals surface area contributed by atoms with E-state index in [0.29, 0.717) is 17.4 Å². The molecule has 16 heavy (non-hydrogen) atoms. The average molecular weight is 243 g/mol. The summed E-state index contributed by atoms with van der Waals surface area (Å²) < 4.78 is 0. The minimum atomic E-state index is -0.517. The van der Waals surface area contributed by atoms with Gasteiger partial charge in [-0.25, -0.2) is 4.98 Å². The number of halogens is 1. The highest BCUT2D eigenvalue weighted by Gasteiger charge is 2.28. The molecule has 1 saturated heterocycles. The van der Waals surface area contributed by atoms with E-state index >= 15 is 0 Å². The molecule has 0 aliphatic carbocycles. The van der Waals surface area contributed by atoms with Crippen molar-refractivity contribution in [1.29, 1.82) is 0 Å². The van der Waals surface area contributed by atoms with Crippen molar-refractivity contribution in [3.63, 3.8) is 0 Å². The number of anilines is 1. The first-order chi connectivity index (χ1) is 7.72. The number of aromatic nitrogens is 1. The second-order valence-corrected chi connectivity index (χ2v) is 4.46. The number of aliphatic hydroxyl groups excluding tert-OH is 2. The fourth-order valence-corrected chi connectivity index (χ4v) is 2.24. The molecule has 0 saturated carbocycles. The maximum atomic E-state index is 9.82. The molecule has 5 heteroatoms. The number of piperidine rings is 1. The zero-order valence-corrected chi connectivity index (χ0v) is 9.64. The highest BCUT2D eigenvalue weighted by atomic mass is 35.5. The molecule has 0 unspecified atom stereocenters. The van der Waals surface area contributed by atoms with E-state index < -0.39 is 6.10 Å². The smallest absolute Gasteiger partial charge is 0.147 e. The topological polar surface area (TPSA) is 56.6 Å². The van der Waals surface area contributed by atoms with E-state index in [4.69, 9.17) is 16.7 Å². The van der Waals surface area contributed by atoms with Crippen molar-refractivity contribution in [3.8, 4) is 0 Å². The molecular formula is C11H15ClN2O2. The molecule has 2 N–H and O–H groups in total. The van der Waals surface area contributed by atoms with Gasteiger partial charge in [-0.1, -0.05) is 11.6 Å². The average Bonchev–Trinajstić information content (AvgIpc) is 2.29. The summed E-state index contributed by atoms with van der Waals surface area (Å²) in [5.41, 5.74) is 0. The molecule has 1 aliphatic rings. The van der Waals surface area contributed by atoms with Crippen LogP contribution in [0.2, 0.25) is 5.02 Å². The van der Waals surface area contributed by atoms with Gasteiger partial charge in [-0.3, -0.25) is 0 Å². The van der Waals surface area contributed by atoms with Crippen LogP contribution in [0.1, 0.15) is 6.42 Å². The SMILES string of the molecule is OC[C@@H]1CCN(c2ncccc2Cl)C[C@H]1O. The third-order valence-electron chi connectivity index (χ3n) is 2.99. The maximum absolute atomic E-state index is 9.82. The molecule has 2 rings (SSSR count). The lowest BCUT2D eigenvalue weighted by Crippen LogP contribution is -2.45. The van der Waals surface area contributed by atoms with Gasteiger partial charge in [-0.2, -0.15) is 0 Å². The number of rotatable bonds is 2. The van der Waals surface area contributed by atoms with Gasteiger partial charge in [-0.05, 0) is 18.6 Å². The van der Waals surface area contributed by atoms with E-state index in [2.05, 4.69) is 4.98 Å². The first kappa shape index (κ1) is 11.6. The molecule has 4 nitrogen and oxygen atoms in total. The number of nitrogens with zero attached hydrogens (tertiary/aromatic N) is 2. The number of hydrogen-bond donors (Lipinski definition) is 2. The molecule has 1 aromatic rings. The minimum Gasteiger partial charge on any atom is -0.396 e. The molecular weight excluding hydrogens is 228 g/mol. The lowest BCUT2D eigenvalue weighted by molar-refractivity contribution is 0.0546. The van der Waals surface area contributed by atoms with Gasteiger partial charge in [0, 0.05) is 31.8 Å². The Labute approximate surface area is 99.5 Å². The van der Waals surface area contributed by atoms with Gasteiger partial charge >= 0.3 is 0 Å². The quantitative estimate of drug-likeness (QED) is 0.810. The Kier molecular flexibility index (Phi) is 3.63. The Morgan fingerprint density at radius 1 is 1.56 bits per heavy atom. The third kappa shape index (κ3) is 2.29. The van der Waals surface area contributed by atoms with Crippen LogP contribution in [0.25, 0.3) is 0 Å². The van der Waals surface area contributed by atoms with E-state index in [1.807, 2.05) is 4.90 Å². The first-order valence-corrected chi connectivity index (χ1v) is 5.74. The minimum absolute atomic E-state index is 0.0289. The Hall–Kier alpha value is -0.840. The molecule has 88 valence electrons. The predicted molar refractivity (Wildman–Crippen MR) is 62.7 cm³/mol. The van der Waals surface area contributed by atoms with Crippen molar-refractivity contribution in [3.05, 3.63) is 23.4 Å². The van der Waals surface area contributed by atoms with Gasteiger partial charge in [0.25, 0.3) is 0 Å². The summed E-state index contributed by atoms with van der Waals surface area (Å²) in [4.78, 5) is 6.17.